The minimum Gasteiger partial charge on any atom is -0.337 e. The lowest BCUT2D eigenvalue weighted by molar-refractivity contribution is 0.274. The van der Waals surface area contributed by atoms with Crippen molar-refractivity contribution in [2.45, 2.75) is 32.2 Å². The van der Waals surface area contributed by atoms with Crippen molar-refractivity contribution in [2.75, 3.05) is 6.54 Å². The van der Waals surface area contributed by atoms with E-state index in [9.17, 15) is 0 Å². The number of nitrogens with zero attached hydrogens (tertiary/aromatic N) is 2. The van der Waals surface area contributed by atoms with E-state index >= 15 is 0 Å². The number of aromatic nitrogens is 2. The van der Waals surface area contributed by atoms with Gasteiger partial charge in [-0.25, -0.2) is 0 Å². The Balaban J connectivity index is 2.28. The van der Waals surface area contributed by atoms with Gasteiger partial charge in [-0.2, -0.15) is 4.98 Å². The minimum atomic E-state index is -0.0821. The number of aryl methyl sites for hydroxylation is 1. The quantitative estimate of drug-likeness (QED) is 0.677. The molecule has 1 unspecified atom stereocenters. The summed E-state index contributed by atoms with van der Waals surface area (Å²) < 4.78 is 5.13. The first-order valence-electron chi connectivity index (χ1n) is 4.26. The predicted molar refractivity (Wildman–Crippen MR) is 43.6 cm³/mol. The van der Waals surface area contributed by atoms with Crippen LogP contribution in [0.3, 0.4) is 0 Å². The zero-order valence-corrected chi connectivity index (χ0v) is 7.42. The van der Waals surface area contributed by atoms with Crippen LogP contribution in [0.25, 0.3) is 0 Å². The van der Waals surface area contributed by atoms with Gasteiger partial charge in [-0.1, -0.05) is 5.16 Å². The highest BCUT2D eigenvalue weighted by atomic mass is 16.5. The smallest absolute Gasteiger partial charge is 0.246 e. The van der Waals surface area contributed by atoms with Crippen LogP contribution in [0.2, 0.25) is 0 Å². The van der Waals surface area contributed by atoms with E-state index in [1.165, 1.54) is 6.42 Å². The summed E-state index contributed by atoms with van der Waals surface area (Å²) in [7, 11) is 0. The van der Waals surface area contributed by atoms with Crippen LogP contribution < -0.4 is 5.32 Å². The summed E-state index contributed by atoms with van der Waals surface area (Å²) in [5, 5.41) is 7.15. The summed E-state index contributed by atoms with van der Waals surface area (Å²) >= 11 is 0. The molecule has 12 heavy (non-hydrogen) atoms. The third-order valence-corrected chi connectivity index (χ3v) is 2.37. The summed E-state index contributed by atoms with van der Waals surface area (Å²) in [6, 6.07) is 0. The molecule has 1 aromatic heterocycles. The molecule has 2 rings (SSSR count). The second-order valence-corrected chi connectivity index (χ2v) is 3.51. The van der Waals surface area contributed by atoms with E-state index in [1.807, 2.05) is 6.92 Å². The van der Waals surface area contributed by atoms with E-state index in [2.05, 4.69) is 22.4 Å². The highest BCUT2D eigenvalue weighted by molar-refractivity contribution is 5.03. The Morgan fingerprint density at radius 1 is 1.58 bits per heavy atom. The Kier molecular flexibility index (Phi) is 1.65. The molecule has 0 aromatic carbocycles. The molecule has 1 aromatic rings. The molecule has 1 aliphatic heterocycles. The van der Waals surface area contributed by atoms with E-state index in [-0.39, 0.29) is 5.54 Å². The molecule has 0 aliphatic carbocycles. The van der Waals surface area contributed by atoms with E-state index in [1.54, 1.807) is 0 Å². The number of nitrogens with one attached hydrogen (secondary N) is 1. The standard InChI is InChI=1S/C8H13N3O/c1-6-10-7(12-11-6)8(2)4-3-5-9-8/h9H,3-5H2,1-2H3. The van der Waals surface area contributed by atoms with Crippen molar-refractivity contribution in [3.63, 3.8) is 0 Å². The van der Waals surface area contributed by atoms with Gasteiger partial charge in [0.15, 0.2) is 5.82 Å². The first-order valence-corrected chi connectivity index (χ1v) is 4.26. The topological polar surface area (TPSA) is 51.0 Å². The largest absolute Gasteiger partial charge is 0.337 e. The molecule has 1 fully saturated rings. The van der Waals surface area contributed by atoms with Gasteiger partial charge in [-0.05, 0) is 33.2 Å². The van der Waals surface area contributed by atoms with Crippen LogP contribution in [0.15, 0.2) is 4.52 Å². The molecule has 2 heterocycles. The molecule has 1 aliphatic rings. The SMILES string of the molecule is Cc1noc(C2(C)CCCN2)n1. The van der Waals surface area contributed by atoms with Gasteiger partial charge in [0.05, 0.1) is 5.54 Å². The maximum atomic E-state index is 5.13. The van der Waals surface area contributed by atoms with Crippen LogP contribution in [0.4, 0.5) is 0 Å². The fourth-order valence-electron chi connectivity index (χ4n) is 1.60. The minimum absolute atomic E-state index is 0.0821. The van der Waals surface area contributed by atoms with Crippen LogP contribution in [-0.4, -0.2) is 16.7 Å². The molecule has 0 bridgehead atoms. The first kappa shape index (κ1) is 7.73. The molecule has 4 heteroatoms. The van der Waals surface area contributed by atoms with E-state index in [4.69, 9.17) is 4.52 Å². The number of hydrogen-bond donors (Lipinski definition) is 1. The highest BCUT2D eigenvalue weighted by Gasteiger charge is 2.35. The Bertz CT molecular complexity index is 276. The van der Waals surface area contributed by atoms with Crippen molar-refractivity contribution in [3.05, 3.63) is 11.7 Å². The summed E-state index contributed by atoms with van der Waals surface area (Å²) in [4.78, 5) is 4.22. The fourth-order valence-corrected chi connectivity index (χ4v) is 1.60. The molecule has 0 saturated carbocycles. The van der Waals surface area contributed by atoms with E-state index in [0.717, 1.165) is 18.9 Å². The third kappa shape index (κ3) is 1.12. The van der Waals surface area contributed by atoms with Crippen molar-refractivity contribution in [3.8, 4) is 0 Å². The van der Waals surface area contributed by atoms with E-state index in [0.29, 0.717) is 5.82 Å². The van der Waals surface area contributed by atoms with Crippen LogP contribution in [0, 0.1) is 6.92 Å². The fraction of sp³-hybridized carbons (Fsp3) is 0.750. The van der Waals surface area contributed by atoms with Crippen molar-refractivity contribution in [1.29, 1.82) is 0 Å². The van der Waals surface area contributed by atoms with Crippen molar-refractivity contribution >= 4 is 0 Å². The molecule has 0 spiro atoms. The Hall–Kier alpha value is -0.900. The van der Waals surface area contributed by atoms with Crippen molar-refractivity contribution in [2.24, 2.45) is 0 Å². The molecule has 1 N–H and O–H groups in total. The average Bonchev–Trinajstić information content (AvgIpc) is 2.59. The van der Waals surface area contributed by atoms with Gasteiger partial charge in [0.1, 0.15) is 0 Å². The molecule has 4 nitrogen and oxygen atoms in total. The van der Waals surface area contributed by atoms with Crippen LogP contribution in [0.1, 0.15) is 31.5 Å². The van der Waals surface area contributed by atoms with Crippen LogP contribution >= 0.6 is 0 Å². The van der Waals surface area contributed by atoms with Crippen LogP contribution in [-0.2, 0) is 5.54 Å². The second-order valence-electron chi connectivity index (χ2n) is 3.51. The monoisotopic (exact) mass is 167 g/mol. The van der Waals surface area contributed by atoms with Gasteiger partial charge in [0, 0.05) is 0 Å². The molecule has 1 saturated heterocycles. The molecule has 1 atom stereocenters. The molecular formula is C8H13N3O. The number of hydrogen-bond acceptors (Lipinski definition) is 4. The predicted octanol–water partition coefficient (Wildman–Crippen LogP) is 0.977. The van der Waals surface area contributed by atoms with Gasteiger partial charge >= 0.3 is 0 Å². The maximum Gasteiger partial charge on any atom is 0.246 e. The molecule has 66 valence electrons. The Labute approximate surface area is 71.4 Å². The second kappa shape index (κ2) is 2.55. The van der Waals surface area contributed by atoms with Crippen LogP contribution in [0.5, 0.6) is 0 Å². The van der Waals surface area contributed by atoms with Gasteiger partial charge in [-0.3, -0.25) is 0 Å². The lowest BCUT2D eigenvalue weighted by Gasteiger charge is -2.18. The van der Waals surface area contributed by atoms with Gasteiger partial charge in [0.2, 0.25) is 5.89 Å². The van der Waals surface area contributed by atoms with Gasteiger partial charge in [0.25, 0.3) is 0 Å². The molecule has 0 radical (unpaired) electrons. The summed E-state index contributed by atoms with van der Waals surface area (Å²) in [5.41, 5.74) is -0.0821. The van der Waals surface area contributed by atoms with Crippen molar-refractivity contribution in [1.82, 2.24) is 15.5 Å². The van der Waals surface area contributed by atoms with E-state index < -0.39 is 0 Å². The first-order chi connectivity index (χ1) is 5.71. The Morgan fingerprint density at radius 2 is 2.42 bits per heavy atom. The summed E-state index contributed by atoms with van der Waals surface area (Å²) in [5.74, 6) is 1.43. The molecular weight excluding hydrogens is 154 g/mol. The third-order valence-electron chi connectivity index (χ3n) is 2.37. The zero-order valence-electron chi connectivity index (χ0n) is 7.42. The average molecular weight is 167 g/mol. The summed E-state index contributed by atoms with van der Waals surface area (Å²) in [6.45, 7) is 4.98. The zero-order chi connectivity index (χ0) is 8.60. The van der Waals surface area contributed by atoms with Gasteiger partial charge in [-0.15, -0.1) is 0 Å². The maximum absolute atomic E-state index is 5.13. The Morgan fingerprint density at radius 3 is 2.92 bits per heavy atom. The lowest BCUT2D eigenvalue weighted by atomic mass is 10.0. The summed E-state index contributed by atoms with van der Waals surface area (Å²) in [6.07, 6.45) is 2.26. The number of rotatable bonds is 1. The van der Waals surface area contributed by atoms with Gasteiger partial charge < -0.3 is 9.84 Å². The normalized spacial score (nSPS) is 29.5. The lowest BCUT2D eigenvalue weighted by Crippen LogP contribution is -2.33. The highest BCUT2D eigenvalue weighted by Crippen LogP contribution is 2.28. The van der Waals surface area contributed by atoms with Crippen molar-refractivity contribution < 1.29 is 4.52 Å². The molecule has 0 amide bonds.